The van der Waals surface area contributed by atoms with Crippen molar-refractivity contribution in [2.24, 2.45) is 35.3 Å². The summed E-state index contributed by atoms with van der Waals surface area (Å²) in [5.74, 6) is 10.0. The molecule has 0 bridgehead atoms. The Morgan fingerprint density at radius 3 is 1.57 bits per heavy atom. The third-order valence-electron chi connectivity index (χ3n) is 3.10. The summed E-state index contributed by atoms with van der Waals surface area (Å²) in [7, 11) is 0. The molecular formula is C14H34N4O5. The lowest BCUT2D eigenvalue weighted by Crippen LogP contribution is -2.36. The van der Waals surface area contributed by atoms with Crippen molar-refractivity contribution in [1.82, 2.24) is 5.43 Å². The van der Waals surface area contributed by atoms with Gasteiger partial charge in [-0.25, -0.2) is 5.84 Å². The Hall–Kier alpha value is -1.71. The van der Waals surface area contributed by atoms with Crippen LogP contribution in [0.5, 0.6) is 0 Å². The fourth-order valence-electron chi connectivity index (χ4n) is 1.29. The molecule has 0 heterocycles. The van der Waals surface area contributed by atoms with Gasteiger partial charge >= 0.3 is 11.9 Å². The summed E-state index contributed by atoms with van der Waals surface area (Å²) in [5.41, 5.74) is 2.00. The molecule has 9 nitrogen and oxygen atoms in total. The number of nitrogens with one attached hydrogen (secondary N) is 1. The van der Waals surface area contributed by atoms with E-state index >= 15 is 0 Å². The van der Waals surface area contributed by atoms with Crippen molar-refractivity contribution in [2.45, 2.75) is 54.4 Å². The molecule has 140 valence electrons. The smallest absolute Gasteiger partial charge is 0.306 e. The van der Waals surface area contributed by atoms with E-state index in [1.54, 1.807) is 20.8 Å². The zero-order valence-electron chi connectivity index (χ0n) is 13.7. The predicted octanol–water partition coefficient (Wildman–Crippen LogP) is 0.685. The molecule has 0 fully saturated rings. The van der Waals surface area contributed by atoms with Crippen LogP contribution in [0.4, 0.5) is 0 Å². The second-order valence-corrected chi connectivity index (χ2v) is 4.74. The average molecular weight is 338 g/mol. The van der Waals surface area contributed by atoms with Gasteiger partial charge < -0.3 is 10.2 Å². The monoisotopic (exact) mass is 338 g/mol. The largest absolute Gasteiger partial charge is 0.481 e. The van der Waals surface area contributed by atoms with Crippen LogP contribution in [0.25, 0.3) is 0 Å². The van der Waals surface area contributed by atoms with Gasteiger partial charge in [0.15, 0.2) is 0 Å². The van der Waals surface area contributed by atoms with Crippen molar-refractivity contribution < 1.29 is 24.6 Å². The lowest BCUT2D eigenvalue weighted by atomic mass is 9.93. The molecule has 23 heavy (non-hydrogen) atoms. The second kappa shape index (κ2) is 18.3. The normalized spacial score (nSPS) is 12.7. The first kappa shape index (κ1) is 29.3. The van der Waals surface area contributed by atoms with Crippen molar-refractivity contribution in [3.63, 3.8) is 0 Å². The van der Waals surface area contributed by atoms with E-state index in [0.717, 1.165) is 6.42 Å². The van der Waals surface area contributed by atoms with Gasteiger partial charge in [-0.1, -0.05) is 35.1 Å². The van der Waals surface area contributed by atoms with Crippen LogP contribution in [0.2, 0.25) is 0 Å². The number of amides is 1. The van der Waals surface area contributed by atoms with Crippen LogP contribution in [-0.4, -0.2) is 28.1 Å². The first-order chi connectivity index (χ1) is 10.2. The van der Waals surface area contributed by atoms with Crippen molar-refractivity contribution in [3.8, 4) is 0 Å². The summed E-state index contributed by atoms with van der Waals surface area (Å²) >= 11 is 0. The molecule has 0 rings (SSSR count). The Morgan fingerprint density at radius 1 is 0.957 bits per heavy atom. The number of carboxylic acid groups (broad SMARTS) is 2. The first-order valence-electron chi connectivity index (χ1n) is 7.00. The van der Waals surface area contributed by atoms with Crippen molar-refractivity contribution in [1.29, 1.82) is 0 Å². The third-order valence-corrected chi connectivity index (χ3v) is 3.10. The number of hydrazine groups is 2. The molecule has 0 aromatic rings. The zero-order chi connectivity index (χ0) is 18.3. The van der Waals surface area contributed by atoms with Gasteiger partial charge in [-0.3, -0.25) is 31.5 Å². The number of hydrogen-bond acceptors (Lipinski definition) is 6. The number of carboxylic acids is 2. The second-order valence-electron chi connectivity index (χ2n) is 4.74. The van der Waals surface area contributed by atoms with E-state index in [1.165, 1.54) is 0 Å². The van der Waals surface area contributed by atoms with E-state index in [-0.39, 0.29) is 25.2 Å². The number of carbonyl (C=O) groups excluding carboxylic acids is 1. The molecule has 0 saturated carbocycles. The maximum Gasteiger partial charge on any atom is 0.306 e. The molecule has 1 amide bonds. The van der Waals surface area contributed by atoms with Gasteiger partial charge in [-0.05, 0) is 19.3 Å². The van der Waals surface area contributed by atoms with E-state index in [4.69, 9.17) is 16.1 Å². The summed E-state index contributed by atoms with van der Waals surface area (Å²) in [6.07, 6.45) is 1.57. The molecular weight excluding hydrogens is 304 g/mol. The summed E-state index contributed by atoms with van der Waals surface area (Å²) in [5, 5.41) is 16.9. The Bertz CT molecular complexity index is 326. The minimum absolute atomic E-state index is 0. The molecule has 0 aliphatic heterocycles. The summed E-state index contributed by atoms with van der Waals surface area (Å²) in [4.78, 5) is 31.5. The van der Waals surface area contributed by atoms with Gasteiger partial charge in [0.1, 0.15) is 0 Å². The molecule has 9 heteroatoms. The summed E-state index contributed by atoms with van der Waals surface area (Å²) in [6.45, 7) is 7.00. The fraction of sp³-hybridized carbons (Fsp3) is 0.786. The van der Waals surface area contributed by atoms with Gasteiger partial charge in [0.05, 0.1) is 11.8 Å². The Balaban J connectivity index is -0.000000154. The minimum atomic E-state index is -0.862. The molecule has 0 radical (unpaired) electrons. The SMILES string of the molecule is C.CCC(C)C(=O)O.CCC(CC(C)C(=O)NN)C(=O)O.NN. The molecule has 3 atom stereocenters. The molecule has 9 N–H and O–H groups in total. The number of nitrogens with two attached hydrogens (primary N) is 3. The number of hydrogen-bond donors (Lipinski definition) is 6. The van der Waals surface area contributed by atoms with Crippen LogP contribution < -0.4 is 23.0 Å². The maximum absolute atomic E-state index is 11.0. The standard InChI is InChI=1S/C8H16N2O3.C5H10O2.CH4.H4N2/c1-3-6(8(12)13)4-5(2)7(11)10-9;1-3-4(2)5(6)7;;1-2/h5-6H,3-4,9H2,1-2H3,(H,10,11)(H,12,13);4H,3H2,1-2H3,(H,6,7);1H4;1-2H2. The predicted molar refractivity (Wildman–Crippen MR) is 89.7 cm³/mol. The quantitative estimate of drug-likeness (QED) is 0.222. The van der Waals surface area contributed by atoms with Crippen LogP contribution in [0.15, 0.2) is 0 Å². The Kier molecular flexibility index (Phi) is 23.4. The van der Waals surface area contributed by atoms with Crippen molar-refractivity contribution in [2.75, 3.05) is 0 Å². The van der Waals surface area contributed by atoms with Crippen molar-refractivity contribution >= 4 is 17.8 Å². The summed E-state index contributed by atoms with van der Waals surface area (Å²) < 4.78 is 0. The fourth-order valence-corrected chi connectivity index (χ4v) is 1.29. The van der Waals surface area contributed by atoms with E-state index < -0.39 is 17.9 Å². The van der Waals surface area contributed by atoms with Crippen LogP contribution >= 0.6 is 0 Å². The number of aliphatic carboxylic acids is 2. The topological polar surface area (TPSA) is 182 Å². The van der Waals surface area contributed by atoms with E-state index in [1.807, 2.05) is 12.3 Å². The van der Waals surface area contributed by atoms with E-state index in [0.29, 0.717) is 12.8 Å². The minimum Gasteiger partial charge on any atom is -0.481 e. The van der Waals surface area contributed by atoms with E-state index in [9.17, 15) is 14.4 Å². The molecule has 0 aliphatic carbocycles. The zero-order valence-corrected chi connectivity index (χ0v) is 13.7. The lowest BCUT2D eigenvalue weighted by Gasteiger charge is -2.14. The maximum atomic E-state index is 11.0. The van der Waals surface area contributed by atoms with Gasteiger partial charge in [-0.15, -0.1) is 0 Å². The highest BCUT2D eigenvalue weighted by molar-refractivity contribution is 5.78. The molecule has 0 aromatic heterocycles. The highest BCUT2D eigenvalue weighted by Crippen LogP contribution is 2.15. The third kappa shape index (κ3) is 16.5. The molecule has 3 unspecified atom stereocenters. The van der Waals surface area contributed by atoms with E-state index in [2.05, 4.69) is 11.7 Å². The number of rotatable bonds is 7. The van der Waals surface area contributed by atoms with Crippen LogP contribution in [0.3, 0.4) is 0 Å². The highest BCUT2D eigenvalue weighted by atomic mass is 16.4. The van der Waals surface area contributed by atoms with Crippen LogP contribution in [0, 0.1) is 17.8 Å². The first-order valence-corrected chi connectivity index (χ1v) is 7.00. The molecule has 0 spiro atoms. The van der Waals surface area contributed by atoms with Gasteiger partial charge in [0.25, 0.3) is 0 Å². The summed E-state index contributed by atoms with van der Waals surface area (Å²) in [6, 6.07) is 0. The van der Waals surface area contributed by atoms with Gasteiger partial charge in [0.2, 0.25) is 5.91 Å². The molecule has 0 aromatic carbocycles. The van der Waals surface area contributed by atoms with Crippen LogP contribution in [-0.2, 0) is 14.4 Å². The Morgan fingerprint density at radius 2 is 1.39 bits per heavy atom. The number of carbonyl (C=O) groups is 3. The highest BCUT2D eigenvalue weighted by Gasteiger charge is 2.21. The molecule has 0 aliphatic rings. The van der Waals surface area contributed by atoms with Crippen LogP contribution in [0.1, 0.15) is 54.4 Å². The molecule has 0 saturated heterocycles. The average Bonchev–Trinajstić information content (AvgIpc) is 2.52. The lowest BCUT2D eigenvalue weighted by molar-refractivity contribution is -0.143. The van der Waals surface area contributed by atoms with Gasteiger partial charge in [-0.2, -0.15) is 0 Å². The Labute approximate surface area is 138 Å². The van der Waals surface area contributed by atoms with Gasteiger partial charge in [0, 0.05) is 5.92 Å². The van der Waals surface area contributed by atoms with Crippen molar-refractivity contribution in [3.05, 3.63) is 0 Å².